The fourth-order valence-corrected chi connectivity index (χ4v) is 3.80. The Labute approximate surface area is 74.5 Å². The van der Waals surface area contributed by atoms with Gasteiger partial charge < -0.3 is 4.74 Å². The van der Waals surface area contributed by atoms with Gasteiger partial charge in [0.1, 0.15) is 0 Å². The van der Waals surface area contributed by atoms with Crippen LogP contribution in [-0.4, -0.2) is 12.2 Å². The average molecular weight is 166 g/mol. The predicted molar refractivity (Wildman–Crippen MR) is 47.8 cm³/mol. The maximum atomic E-state index is 5.62. The fourth-order valence-electron chi connectivity index (χ4n) is 3.80. The summed E-state index contributed by atoms with van der Waals surface area (Å²) in [7, 11) is 0. The lowest BCUT2D eigenvalue weighted by Crippen LogP contribution is -2.25. The highest BCUT2D eigenvalue weighted by Crippen LogP contribution is 2.56. The van der Waals surface area contributed by atoms with Crippen molar-refractivity contribution >= 4 is 0 Å². The van der Waals surface area contributed by atoms with E-state index in [1.54, 1.807) is 0 Å². The number of hydrogen-bond acceptors (Lipinski definition) is 1. The third kappa shape index (κ3) is 0.834. The van der Waals surface area contributed by atoms with Gasteiger partial charge in [-0.15, -0.1) is 0 Å². The zero-order valence-corrected chi connectivity index (χ0v) is 7.99. The van der Waals surface area contributed by atoms with Crippen molar-refractivity contribution in [2.75, 3.05) is 0 Å². The highest BCUT2D eigenvalue weighted by atomic mass is 16.6. The van der Waals surface area contributed by atoms with Gasteiger partial charge in [0.2, 0.25) is 0 Å². The molecule has 1 aliphatic heterocycles. The lowest BCUT2D eigenvalue weighted by Gasteiger charge is -2.26. The largest absolute Gasteiger partial charge is 0.370 e. The molecule has 0 aromatic heterocycles. The number of rotatable bonds is 1. The van der Waals surface area contributed by atoms with Crippen molar-refractivity contribution in [2.24, 2.45) is 23.7 Å². The van der Waals surface area contributed by atoms with Crippen LogP contribution in [0.4, 0.5) is 0 Å². The molecule has 0 spiro atoms. The van der Waals surface area contributed by atoms with E-state index in [4.69, 9.17) is 4.74 Å². The van der Waals surface area contributed by atoms with Crippen LogP contribution in [0.2, 0.25) is 0 Å². The first kappa shape index (κ1) is 7.37. The zero-order valence-electron chi connectivity index (χ0n) is 7.99. The van der Waals surface area contributed by atoms with Gasteiger partial charge in [-0.3, -0.25) is 0 Å². The summed E-state index contributed by atoms with van der Waals surface area (Å²) in [4.78, 5) is 0. The van der Waals surface area contributed by atoms with Crippen LogP contribution in [0.3, 0.4) is 0 Å². The van der Waals surface area contributed by atoms with Crippen LogP contribution in [-0.2, 0) is 4.74 Å². The van der Waals surface area contributed by atoms with Crippen LogP contribution in [0.25, 0.3) is 0 Å². The Balaban J connectivity index is 1.78. The summed E-state index contributed by atoms with van der Waals surface area (Å²) < 4.78 is 5.62. The highest BCUT2D eigenvalue weighted by molar-refractivity contribution is 5.02. The normalized spacial score (nSPS) is 62.5. The van der Waals surface area contributed by atoms with E-state index in [0.29, 0.717) is 12.2 Å². The molecule has 0 N–H and O–H groups in total. The topological polar surface area (TPSA) is 12.5 Å². The molecule has 6 atom stereocenters. The number of ether oxygens (including phenoxy) is 1. The second kappa shape index (κ2) is 2.25. The molecule has 2 aliphatic carbocycles. The predicted octanol–water partition coefficient (Wildman–Crippen LogP) is 2.46. The van der Waals surface area contributed by atoms with Gasteiger partial charge in [-0.05, 0) is 49.9 Å². The number of epoxide rings is 1. The van der Waals surface area contributed by atoms with Crippen LogP contribution in [0, 0.1) is 23.7 Å². The van der Waals surface area contributed by atoms with E-state index in [2.05, 4.69) is 13.8 Å². The van der Waals surface area contributed by atoms with E-state index in [9.17, 15) is 0 Å². The van der Waals surface area contributed by atoms with Crippen molar-refractivity contribution < 1.29 is 4.74 Å². The first-order chi connectivity index (χ1) is 5.77. The third-order valence-electron chi connectivity index (χ3n) is 4.55. The molecule has 2 saturated carbocycles. The zero-order chi connectivity index (χ0) is 8.29. The molecule has 0 aromatic rings. The van der Waals surface area contributed by atoms with Crippen molar-refractivity contribution in [2.45, 2.75) is 45.3 Å². The summed E-state index contributed by atoms with van der Waals surface area (Å²) in [5.41, 5.74) is 0. The molecule has 0 radical (unpaired) electrons. The molecule has 12 heavy (non-hydrogen) atoms. The van der Waals surface area contributed by atoms with Crippen LogP contribution in [0.15, 0.2) is 0 Å². The molecule has 6 unspecified atom stereocenters. The first-order valence-electron chi connectivity index (χ1n) is 5.43. The van der Waals surface area contributed by atoms with Crippen molar-refractivity contribution in [3.8, 4) is 0 Å². The van der Waals surface area contributed by atoms with Crippen molar-refractivity contribution in [1.29, 1.82) is 0 Å². The molecule has 68 valence electrons. The van der Waals surface area contributed by atoms with Crippen LogP contribution in [0.1, 0.15) is 33.1 Å². The summed E-state index contributed by atoms with van der Waals surface area (Å²) in [6.45, 7) is 4.67. The quantitative estimate of drug-likeness (QED) is 0.545. The summed E-state index contributed by atoms with van der Waals surface area (Å²) in [5.74, 6) is 3.97. The number of hydrogen-bond donors (Lipinski definition) is 0. The van der Waals surface area contributed by atoms with Crippen LogP contribution in [0.5, 0.6) is 0 Å². The lowest BCUT2D eigenvalue weighted by atomic mass is 9.78. The van der Waals surface area contributed by atoms with E-state index in [1.165, 1.54) is 19.3 Å². The molecule has 1 heterocycles. The average Bonchev–Trinajstić information content (AvgIpc) is 2.51. The van der Waals surface area contributed by atoms with Gasteiger partial charge in [0.25, 0.3) is 0 Å². The van der Waals surface area contributed by atoms with Gasteiger partial charge in [-0.2, -0.15) is 0 Å². The molecule has 1 nitrogen and oxygen atoms in total. The van der Waals surface area contributed by atoms with E-state index in [0.717, 1.165) is 23.7 Å². The van der Waals surface area contributed by atoms with Gasteiger partial charge in [0, 0.05) is 0 Å². The van der Waals surface area contributed by atoms with E-state index < -0.39 is 0 Å². The van der Waals surface area contributed by atoms with E-state index in [-0.39, 0.29) is 0 Å². The van der Waals surface area contributed by atoms with Gasteiger partial charge in [0.05, 0.1) is 12.2 Å². The Hall–Kier alpha value is -0.0400. The van der Waals surface area contributed by atoms with E-state index in [1.807, 2.05) is 0 Å². The molecule has 3 rings (SSSR count). The molecule has 3 aliphatic rings. The lowest BCUT2D eigenvalue weighted by molar-refractivity contribution is 0.186. The Kier molecular flexibility index (Phi) is 1.39. The van der Waals surface area contributed by atoms with Gasteiger partial charge in [0.15, 0.2) is 0 Å². The summed E-state index contributed by atoms with van der Waals surface area (Å²) >= 11 is 0. The Morgan fingerprint density at radius 3 is 2.25 bits per heavy atom. The van der Waals surface area contributed by atoms with Crippen molar-refractivity contribution in [3.63, 3.8) is 0 Å². The molecule has 1 heteroatoms. The van der Waals surface area contributed by atoms with Gasteiger partial charge in [-0.25, -0.2) is 0 Å². The first-order valence-corrected chi connectivity index (χ1v) is 5.43. The SMILES string of the molecule is CC1OC1C1C2CCC(C2)C1C. The third-order valence-corrected chi connectivity index (χ3v) is 4.55. The van der Waals surface area contributed by atoms with Crippen molar-refractivity contribution in [3.05, 3.63) is 0 Å². The molecule has 2 bridgehead atoms. The molecule has 0 amide bonds. The Bertz CT molecular complexity index is 199. The second-order valence-electron chi connectivity index (χ2n) is 5.08. The Morgan fingerprint density at radius 2 is 1.75 bits per heavy atom. The van der Waals surface area contributed by atoms with Gasteiger partial charge >= 0.3 is 0 Å². The molecule has 0 aromatic carbocycles. The molecule has 3 fully saturated rings. The molecular weight excluding hydrogens is 148 g/mol. The fraction of sp³-hybridized carbons (Fsp3) is 1.00. The van der Waals surface area contributed by atoms with Gasteiger partial charge in [-0.1, -0.05) is 6.92 Å². The summed E-state index contributed by atoms with van der Waals surface area (Å²) in [6, 6.07) is 0. The minimum absolute atomic E-state index is 0.580. The highest BCUT2D eigenvalue weighted by Gasteiger charge is 2.54. The van der Waals surface area contributed by atoms with Crippen LogP contribution < -0.4 is 0 Å². The van der Waals surface area contributed by atoms with Crippen molar-refractivity contribution in [1.82, 2.24) is 0 Å². The molecular formula is C11H18O. The molecule has 1 saturated heterocycles. The minimum atomic E-state index is 0.580. The Morgan fingerprint density at radius 1 is 1.08 bits per heavy atom. The maximum Gasteiger partial charge on any atom is 0.0872 e. The smallest absolute Gasteiger partial charge is 0.0872 e. The maximum absolute atomic E-state index is 5.62. The number of fused-ring (bicyclic) bond motifs is 2. The summed E-state index contributed by atoms with van der Waals surface area (Å²) in [5, 5.41) is 0. The standard InChI is InChI=1S/C11H18O/c1-6-8-3-4-9(5-8)10(6)11-7(2)12-11/h6-11H,3-5H2,1-2H3. The summed E-state index contributed by atoms with van der Waals surface area (Å²) in [6.07, 6.45) is 5.74. The second-order valence-corrected chi connectivity index (χ2v) is 5.08. The van der Waals surface area contributed by atoms with Crippen LogP contribution >= 0.6 is 0 Å². The monoisotopic (exact) mass is 166 g/mol. The van der Waals surface area contributed by atoms with E-state index >= 15 is 0 Å². The minimum Gasteiger partial charge on any atom is -0.370 e.